The average molecular weight is 870 g/mol. The van der Waals surface area contributed by atoms with E-state index in [1.807, 2.05) is 6.08 Å². The van der Waals surface area contributed by atoms with Crippen molar-refractivity contribution < 1.29 is 20.1 Å². The molecule has 0 aromatic rings. The molecule has 0 aliphatic rings. The van der Waals surface area contributed by atoms with Crippen molar-refractivity contribution >= 4 is 5.91 Å². The molecule has 5 nitrogen and oxygen atoms in total. The number of rotatable bonds is 50. The van der Waals surface area contributed by atoms with Crippen LogP contribution in [0.4, 0.5) is 0 Å². The summed E-state index contributed by atoms with van der Waals surface area (Å²) in [6.07, 6.45) is 68.6. The smallest absolute Gasteiger partial charge is 0.222 e. The number of carbonyl (C=O) groups is 1. The first kappa shape index (κ1) is 60.3. The summed E-state index contributed by atoms with van der Waals surface area (Å²) < 4.78 is 0. The molecule has 0 heterocycles. The van der Waals surface area contributed by atoms with E-state index in [0.717, 1.165) is 38.5 Å². The largest absolute Gasteiger partial charge is 0.394 e. The first-order valence-corrected chi connectivity index (χ1v) is 27.4. The van der Waals surface area contributed by atoms with Crippen molar-refractivity contribution in [2.75, 3.05) is 6.61 Å². The van der Waals surface area contributed by atoms with Gasteiger partial charge in [0.2, 0.25) is 5.91 Å². The van der Waals surface area contributed by atoms with Crippen molar-refractivity contribution in [3.63, 3.8) is 0 Å². The van der Waals surface area contributed by atoms with Crippen LogP contribution in [0.3, 0.4) is 0 Å². The van der Waals surface area contributed by atoms with Crippen LogP contribution in [0.2, 0.25) is 0 Å². The minimum Gasteiger partial charge on any atom is -0.394 e. The summed E-state index contributed by atoms with van der Waals surface area (Å²) in [5.74, 6) is -0.326. The Labute approximate surface area is 387 Å². The fourth-order valence-corrected chi connectivity index (χ4v) is 8.39. The number of aliphatic hydroxyl groups excluding tert-OH is 3. The minimum absolute atomic E-state index is 0.00240. The highest BCUT2D eigenvalue weighted by Gasteiger charge is 2.20. The lowest BCUT2D eigenvalue weighted by Crippen LogP contribution is -2.45. The van der Waals surface area contributed by atoms with Crippen molar-refractivity contribution in [2.45, 2.75) is 302 Å². The van der Waals surface area contributed by atoms with E-state index in [0.29, 0.717) is 6.42 Å². The van der Waals surface area contributed by atoms with Gasteiger partial charge in [-0.2, -0.15) is 0 Å². The normalized spacial score (nSPS) is 13.7. The monoisotopic (exact) mass is 870 g/mol. The van der Waals surface area contributed by atoms with Gasteiger partial charge in [-0.1, -0.05) is 262 Å². The summed E-state index contributed by atoms with van der Waals surface area (Å²) >= 11 is 0. The summed E-state index contributed by atoms with van der Waals surface area (Å²) in [5, 5.41) is 33.4. The van der Waals surface area contributed by atoms with Gasteiger partial charge in [-0.3, -0.25) is 4.79 Å². The van der Waals surface area contributed by atoms with Crippen molar-refractivity contribution in [1.29, 1.82) is 0 Å². The summed E-state index contributed by atoms with van der Waals surface area (Å²) in [7, 11) is 0. The second-order valence-electron chi connectivity index (χ2n) is 18.8. The minimum atomic E-state index is -0.955. The van der Waals surface area contributed by atoms with E-state index in [9.17, 15) is 20.1 Å². The lowest BCUT2D eigenvalue weighted by atomic mass is 10.0. The van der Waals surface area contributed by atoms with Crippen molar-refractivity contribution in [3.05, 3.63) is 48.6 Å². The molecule has 0 aromatic heterocycles. The van der Waals surface area contributed by atoms with Gasteiger partial charge >= 0.3 is 0 Å². The molecule has 3 atom stereocenters. The molecule has 0 saturated heterocycles. The number of allylic oxidation sites excluding steroid dienone is 7. The molecule has 0 spiro atoms. The van der Waals surface area contributed by atoms with E-state index in [1.165, 1.54) is 218 Å². The molecule has 0 aliphatic heterocycles. The van der Waals surface area contributed by atoms with Gasteiger partial charge in [-0.25, -0.2) is 0 Å². The van der Waals surface area contributed by atoms with Crippen LogP contribution in [0.5, 0.6) is 0 Å². The average Bonchev–Trinajstić information content (AvgIpc) is 3.27. The fourth-order valence-electron chi connectivity index (χ4n) is 8.39. The molecule has 5 heteroatoms. The zero-order chi connectivity index (χ0) is 45.1. The number of carbonyl (C=O) groups excluding carboxylic acids is 1. The van der Waals surface area contributed by atoms with Crippen LogP contribution in [-0.2, 0) is 4.79 Å². The van der Waals surface area contributed by atoms with E-state index in [1.54, 1.807) is 6.08 Å². The topological polar surface area (TPSA) is 89.8 Å². The predicted molar refractivity (Wildman–Crippen MR) is 273 cm³/mol. The Hall–Kier alpha value is -1.69. The first-order chi connectivity index (χ1) is 30.5. The van der Waals surface area contributed by atoms with Crippen molar-refractivity contribution in [2.24, 2.45) is 0 Å². The summed E-state index contributed by atoms with van der Waals surface area (Å²) in [4.78, 5) is 12.5. The van der Waals surface area contributed by atoms with E-state index in [4.69, 9.17) is 0 Å². The van der Waals surface area contributed by atoms with Gasteiger partial charge in [-0.15, -0.1) is 0 Å². The van der Waals surface area contributed by atoms with Gasteiger partial charge in [0.15, 0.2) is 0 Å². The zero-order valence-corrected chi connectivity index (χ0v) is 41.5. The van der Waals surface area contributed by atoms with Gasteiger partial charge in [-0.05, 0) is 64.2 Å². The van der Waals surface area contributed by atoms with Gasteiger partial charge in [0.05, 0.1) is 31.3 Å². The maximum atomic E-state index is 12.5. The molecule has 1 amide bonds. The van der Waals surface area contributed by atoms with Crippen LogP contribution in [0.25, 0.3) is 0 Å². The molecule has 0 rings (SSSR count). The highest BCUT2D eigenvalue weighted by molar-refractivity contribution is 5.76. The third-order valence-corrected chi connectivity index (χ3v) is 12.6. The van der Waals surface area contributed by atoms with E-state index in [2.05, 4.69) is 55.6 Å². The standard InChI is InChI=1S/C57H107NO4/c1-3-5-7-9-11-13-15-17-19-21-23-25-27-28-29-30-32-34-36-38-40-42-44-46-48-50-54(60)52-57(62)58-55(53-59)56(61)51-49-47-45-43-41-39-37-35-33-31-26-24-22-20-18-16-14-12-10-8-6-4-2/h23,25,28-29,41,43,49,51,54-56,59-61H,3-22,24,26-27,30-40,42,44-48,50,52-53H2,1-2H3,(H,58,62)/b25-23-,29-28-,43-41+,51-49+. The van der Waals surface area contributed by atoms with Crippen LogP contribution in [0.1, 0.15) is 284 Å². The molecular weight excluding hydrogens is 763 g/mol. The fraction of sp³-hybridized carbons (Fsp3) is 0.842. The van der Waals surface area contributed by atoms with Gasteiger partial charge < -0.3 is 20.6 Å². The number of hydrogen-bond acceptors (Lipinski definition) is 4. The Balaban J connectivity index is 3.64. The van der Waals surface area contributed by atoms with E-state index < -0.39 is 18.2 Å². The number of hydrogen-bond donors (Lipinski definition) is 4. The third kappa shape index (κ3) is 47.8. The van der Waals surface area contributed by atoms with Gasteiger partial charge in [0.25, 0.3) is 0 Å². The van der Waals surface area contributed by atoms with Crippen molar-refractivity contribution in [3.8, 4) is 0 Å². The van der Waals surface area contributed by atoms with Crippen LogP contribution in [0.15, 0.2) is 48.6 Å². The molecule has 0 fully saturated rings. The van der Waals surface area contributed by atoms with Crippen LogP contribution < -0.4 is 5.32 Å². The highest BCUT2D eigenvalue weighted by Crippen LogP contribution is 2.16. The second-order valence-corrected chi connectivity index (χ2v) is 18.8. The van der Waals surface area contributed by atoms with Gasteiger partial charge in [0.1, 0.15) is 0 Å². The molecule has 364 valence electrons. The number of unbranched alkanes of at least 4 members (excludes halogenated alkanes) is 35. The Morgan fingerprint density at radius 3 is 1.13 bits per heavy atom. The Morgan fingerprint density at radius 2 is 0.742 bits per heavy atom. The molecule has 0 aromatic carbocycles. The SMILES string of the molecule is CCCCCCCCCCC/C=C\C/C=C\CCCCCCCCCCCC(O)CC(=O)NC(CO)C(O)/C=C/CC/C=C/CCCCCCCCCCCCCCCCCC. The Kier molecular flexibility index (Phi) is 50.5. The van der Waals surface area contributed by atoms with Crippen LogP contribution >= 0.6 is 0 Å². The lowest BCUT2D eigenvalue weighted by Gasteiger charge is -2.21. The first-order valence-electron chi connectivity index (χ1n) is 27.4. The third-order valence-electron chi connectivity index (χ3n) is 12.6. The molecule has 62 heavy (non-hydrogen) atoms. The lowest BCUT2D eigenvalue weighted by molar-refractivity contribution is -0.124. The number of aliphatic hydroxyl groups is 3. The van der Waals surface area contributed by atoms with Crippen molar-refractivity contribution in [1.82, 2.24) is 5.32 Å². The quantitative estimate of drug-likeness (QED) is 0.0362. The Bertz CT molecular complexity index is 1000. The number of amides is 1. The summed E-state index contributed by atoms with van der Waals surface area (Å²) in [6.45, 7) is 4.22. The molecule has 0 saturated carbocycles. The van der Waals surface area contributed by atoms with E-state index >= 15 is 0 Å². The van der Waals surface area contributed by atoms with Gasteiger partial charge in [0, 0.05) is 0 Å². The van der Waals surface area contributed by atoms with Crippen LogP contribution in [-0.4, -0.2) is 46.1 Å². The molecule has 3 unspecified atom stereocenters. The maximum absolute atomic E-state index is 12.5. The zero-order valence-electron chi connectivity index (χ0n) is 41.5. The molecular formula is C57H107NO4. The maximum Gasteiger partial charge on any atom is 0.222 e. The highest BCUT2D eigenvalue weighted by atomic mass is 16.3. The molecule has 0 aliphatic carbocycles. The second kappa shape index (κ2) is 51.9. The van der Waals surface area contributed by atoms with Crippen LogP contribution in [0, 0.1) is 0 Å². The summed E-state index contributed by atoms with van der Waals surface area (Å²) in [5.41, 5.74) is 0. The molecule has 4 N–H and O–H groups in total. The molecule has 0 bridgehead atoms. The van der Waals surface area contributed by atoms with E-state index in [-0.39, 0.29) is 18.9 Å². The summed E-state index contributed by atoms with van der Waals surface area (Å²) in [6, 6.07) is -0.765. The Morgan fingerprint density at radius 1 is 0.419 bits per heavy atom. The predicted octanol–water partition coefficient (Wildman–Crippen LogP) is 16.8. The molecule has 0 radical (unpaired) electrons. The number of nitrogens with one attached hydrogen (secondary N) is 1.